The van der Waals surface area contributed by atoms with Gasteiger partial charge in [0.25, 0.3) is 5.12 Å². The number of hydrogen-bond acceptors (Lipinski definition) is 4. The number of aromatic nitrogens is 1. The van der Waals surface area contributed by atoms with Gasteiger partial charge in [-0.2, -0.15) is 0 Å². The van der Waals surface area contributed by atoms with Crippen LogP contribution in [-0.4, -0.2) is 22.3 Å². The maximum absolute atomic E-state index is 11.1. The van der Waals surface area contributed by atoms with Gasteiger partial charge in [0, 0.05) is 11.8 Å². The molecule has 0 bridgehead atoms. The van der Waals surface area contributed by atoms with E-state index >= 15 is 0 Å². The molecule has 0 saturated heterocycles. The minimum absolute atomic E-state index is 0.140. The van der Waals surface area contributed by atoms with E-state index in [4.69, 9.17) is 0 Å². The number of thiol groups is 1. The van der Waals surface area contributed by atoms with Crippen molar-refractivity contribution in [3.05, 3.63) is 23.9 Å². The lowest BCUT2D eigenvalue weighted by Gasteiger charge is -1.98. The molecule has 5 nitrogen and oxygen atoms in total. The smallest absolute Gasteiger partial charge is 0.256 e. The molecule has 6 heteroatoms. The Balaban J connectivity index is 2.88. The topological polar surface area (TPSA) is 76.1 Å². The maximum atomic E-state index is 11.1. The van der Waals surface area contributed by atoms with Crippen molar-refractivity contribution in [3.8, 4) is 0 Å². The van der Waals surface area contributed by atoms with Crippen LogP contribution in [0, 0.1) is 0 Å². The minimum Gasteiger partial charge on any atom is -0.313 e. The minimum atomic E-state index is -0.845. The van der Waals surface area contributed by atoms with Crippen LogP contribution in [0.25, 0.3) is 0 Å². The molecule has 0 aliphatic heterocycles. The summed E-state index contributed by atoms with van der Waals surface area (Å²) in [5, 5.41) is 1.45. The van der Waals surface area contributed by atoms with Crippen molar-refractivity contribution in [2.75, 3.05) is 5.32 Å². The van der Waals surface area contributed by atoms with Crippen molar-refractivity contribution < 1.29 is 14.4 Å². The Kier molecular flexibility index (Phi) is 3.35. The second-order valence-corrected chi connectivity index (χ2v) is 2.73. The number of nitrogens with one attached hydrogen (secondary N) is 1. The van der Waals surface area contributed by atoms with E-state index in [1.807, 2.05) is 0 Å². The van der Waals surface area contributed by atoms with E-state index < -0.39 is 10.9 Å². The van der Waals surface area contributed by atoms with E-state index in [0.717, 1.165) is 0 Å². The van der Waals surface area contributed by atoms with Crippen LogP contribution in [0.5, 0.6) is 0 Å². The first-order valence-corrected chi connectivity index (χ1v) is 4.03. The standard InChI is InChI=1S/C8H6N2O3S/c11-4-10-6-2-1-5(3-9-6)7(12)8(13)14/h1-4H,(H,13,14)(H,9,10,11). The highest BCUT2D eigenvalue weighted by molar-refractivity contribution is 7.99. The molecule has 1 rings (SSSR count). The molecule has 1 heterocycles. The lowest BCUT2D eigenvalue weighted by atomic mass is 10.2. The Labute approximate surface area is 84.9 Å². The van der Waals surface area contributed by atoms with Gasteiger partial charge in [-0.25, -0.2) is 4.98 Å². The molecule has 0 spiro atoms. The molecule has 0 atom stereocenters. The highest BCUT2D eigenvalue weighted by Crippen LogP contribution is 2.06. The van der Waals surface area contributed by atoms with Gasteiger partial charge in [-0.05, 0) is 12.1 Å². The van der Waals surface area contributed by atoms with Crippen molar-refractivity contribution in [1.29, 1.82) is 0 Å². The summed E-state index contributed by atoms with van der Waals surface area (Å²) in [5.74, 6) is -0.415. The molecule has 0 unspecified atom stereocenters. The zero-order valence-electron chi connectivity index (χ0n) is 6.93. The van der Waals surface area contributed by atoms with E-state index in [2.05, 4.69) is 22.9 Å². The van der Waals surface area contributed by atoms with E-state index in [-0.39, 0.29) is 5.56 Å². The maximum Gasteiger partial charge on any atom is 0.256 e. The van der Waals surface area contributed by atoms with Crippen molar-refractivity contribution in [2.45, 2.75) is 0 Å². The van der Waals surface area contributed by atoms with E-state index in [0.29, 0.717) is 12.2 Å². The fourth-order valence-corrected chi connectivity index (χ4v) is 0.927. The molecule has 0 fully saturated rings. The van der Waals surface area contributed by atoms with Crippen LogP contribution < -0.4 is 5.32 Å². The average molecular weight is 210 g/mol. The summed E-state index contributed by atoms with van der Waals surface area (Å²) < 4.78 is 0. The van der Waals surface area contributed by atoms with Gasteiger partial charge in [0.2, 0.25) is 12.2 Å². The lowest BCUT2D eigenvalue weighted by Crippen LogP contribution is -2.08. The van der Waals surface area contributed by atoms with Gasteiger partial charge < -0.3 is 5.32 Å². The zero-order valence-corrected chi connectivity index (χ0v) is 7.82. The van der Waals surface area contributed by atoms with E-state index in [1.165, 1.54) is 18.3 Å². The fraction of sp³-hybridized carbons (Fsp3) is 0. The van der Waals surface area contributed by atoms with Gasteiger partial charge >= 0.3 is 0 Å². The van der Waals surface area contributed by atoms with Crippen LogP contribution in [0.4, 0.5) is 5.82 Å². The Morgan fingerprint density at radius 1 is 1.43 bits per heavy atom. The molecule has 0 aliphatic carbocycles. The number of carbonyl (C=O) groups excluding carboxylic acids is 3. The summed E-state index contributed by atoms with van der Waals surface area (Å²) in [5.41, 5.74) is 0.140. The van der Waals surface area contributed by atoms with Crippen molar-refractivity contribution in [1.82, 2.24) is 4.98 Å². The summed E-state index contributed by atoms with van der Waals surface area (Å²) in [6, 6.07) is 2.80. The van der Waals surface area contributed by atoms with Gasteiger partial charge in [-0.3, -0.25) is 14.4 Å². The van der Waals surface area contributed by atoms with Crippen molar-refractivity contribution in [2.24, 2.45) is 0 Å². The number of anilines is 1. The van der Waals surface area contributed by atoms with Gasteiger partial charge in [0.05, 0.1) is 0 Å². The number of hydrogen-bond donors (Lipinski definition) is 2. The predicted molar refractivity (Wildman–Crippen MR) is 52.2 cm³/mol. The normalized spacial score (nSPS) is 9.21. The molecule has 1 amide bonds. The lowest BCUT2D eigenvalue weighted by molar-refractivity contribution is -0.107. The number of amides is 1. The van der Waals surface area contributed by atoms with Crippen LogP contribution >= 0.6 is 12.6 Å². The Morgan fingerprint density at radius 2 is 2.14 bits per heavy atom. The van der Waals surface area contributed by atoms with E-state index in [1.54, 1.807) is 0 Å². The van der Waals surface area contributed by atoms with Crippen molar-refractivity contribution >= 4 is 35.8 Å². The highest BCUT2D eigenvalue weighted by atomic mass is 32.1. The number of Topliss-reactive ketones (excluding diaryl/α,β-unsaturated/α-hetero) is 1. The second kappa shape index (κ2) is 4.52. The van der Waals surface area contributed by atoms with Crippen LogP contribution in [-0.2, 0) is 9.59 Å². The molecule has 1 aromatic rings. The Bertz CT molecular complexity index is 375. The van der Waals surface area contributed by atoms with Gasteiger partial charge in [0.15, 0.2) is 0 Å². The summed E-state index contributed by atoms with van der Waals surface area (Å²) in [4.78, 5) is 35.4. The van der Waals surface area contributed by atoms with Gasteiger partial charge in [-0.15, -0.1) is 0 Å². The third kappa shape index (κ3) is 2.40. The number of pyridine rings is 1. The first-order chi connectivity index (χ1) is 6.65. The zero-order chi connectivity index (χ0) is 10.6. The molecule has 0 radical (unpaired) electrons. The summed E-state index contributed by atoms with van der Waals surface area (Å²) in [6.07, 6.45) is 1.66. The number of nitrogens with zero attached hydrogens (tertiary/aromatic N) is 1. The molecule has 0 aliphatic rings. The Morgan fingerprint density at radius 3 is 2.57 bits per heavy atom. The molecule has 1 N–H and O–H groups in total. The molecule has 1 aromatic heterocycles. The largest absolute Gasteiger partial charge is 0.313 e. The fourth-order valence-electron chi connectivity index (χ4n) is 0.797. The third-order valence-electron chi connectivity index (χ3n) is 1.43. The van der Waals surface area contributed by atoms with Crippen LogP contribution in [0.3, 0.4) is 0 Å². The third-order valence-corrected chi connectivity index (χ3v) is 1.63. The predicted octanol–water partition coefficient (Wildman–Crippen LogP) is 0.289. The Hall–Kier alpha value is -1.69. The molecule has 0 aromatic carbocycles. The summed E-state index contributed by atoms with van der Waals surface area (Å²) in [6.45, 7) is 0. The van der Waals surface area contributed by atoms with Gasteiger partial charge in [-0.1, -0.05) is 12.6 Å². The molecule has 14 heavy (non-hydrogen) atoms. The quantitative estimate of drug-likeness (QED) is 0.324. The highest BCUT2D eigenvalue weighted by Gasteiger charge is 2.11. The molecular formula is C8H6N2O3S. The second-order valence-electron chi connectivity index (χ2n) is 2.33. The SMILES string of the molecule is O=CNc1ccc(C(=O)C(=O)S)cn1. The van der Waals surface area contributed by atoms with Crippen LogP contribution in [0.1, 0.15) is 10.4 Å². The summed E-state index contributed by atoms with van der Waals surface area (Å²) in [7, 11) is 0. The molecule has 72 valence electrons. The molecule has 0 saturated carbocycles. The number of ketones is 1. The first kappa shape index (κ1) is 10.4. The van der Waals surface area contributed by atoms with E-state index in [9.17, 15) is 14.4 Å². The van der Waals surface area contributed by atoms with Crippen LogP contribution in [0.2, 0.25) is 0 Å². The van der Waals surface area contributed by atoms with Crippen LogP contribution in [0.15, 0.2) is 18.3 Å². The molecular weight excluding hydrogens is 204 g/mol. The monoisotopic (exact) mass is 210 g/mol. The number of rotatable bonds is 4. The van der Waals surface area contributed by atoms with Crippen molar-refractivity contribution in [3.63, 3.8) is 0 Å². The number of carbonyl (C=O) groups is 3. The first-order valence-electron chi connectivity index (χ1n) is 3.59. The van der Waals surface area contributed by atoms with Gasteiger partial charge in [0.1, 0.15) is 5.82 Å². The summed E-state index contributed by atoms with van der Waals surface area (Å²) >= 11 is 3.38. The average Bonchev–Trinajstić information content (AvgIpc) is 2.18.